The van der Waals surface area contributed by atoms with Crippen LogP contribution in [-0.2, 0) is 9.47 Å². The minimum Gasteiger partial charge on any atom is -0.376 e. The summed E-state index contributed by atoms with van der Waals surface area (Å²) in [5, 5.41) is 12.0. The summed E-state index contributed by atoms with van der Waals surface area (Å²) >= 11 is 0. The summed E-state index contributed by atoms with van der Waals surface area (Å²) in [6.07, 6.45) is 3.24. The second kappa shape index (κ2) is 6.19. The first-order valence-corrected chi connectivity index (χ1v) is 5.93. The summed E-state index contributed by atoms with van der Waals surface area (Å²) in [4.78, 5) is 0. The second-order valence-electron chi connectivity index (χ2n) is 4.68. The van der Waals surface area contributed by atoms with Gasteiger partial charge in [0.15, 0.2) is 0 Å². The zero-order valence-electron chi connectivity index (χ0n) is 10.5. The zero-order chi connectivity index (χ0) is 12.0. The van der Waals surface area contributed by atoms with E-state index in [1.807, 2.05) is 13.8 Å². The van der Waals surface area contributed by atoms with E-state index in [2.05, 4.69) is 11.4 Å². The predicted octanol–water partition coefficient (Wildman–Crippen LogP) is 1.46. The third-order valence-corrected chi connectivity index (χ3v) is 3.08. The van der Waals surface area contributed by atoms with Gasteiger partial charge >= 0.3 is 0 Å². The fourth-order valence-electron chi connectivity index (χ4n) is 1.88. The molecule has 0 amide bonds. The number of hydrogen-bond donors (Lipinski definition) is 1. The van der Waals surface area contributed by atoms with E-state index < -0.39 is 5.54 Å². The van der Waals surface area contributed by atoms with Gasteiger partial charge in [-0.1, -0.05) is 0 Å². The van der Waals surface area contributed by atoms with Crippen molar-refractivity contribution in [3.8, 4) is 6.07 Å². The molecule has 0 bridgehead atoms. The molecule has 4 nitrogen and oxygen atoms in total. The first kappa shape index (κ1) is 13.4. The molecule has 16 heavy (non-hydrogen) atoms. The van der Waals surface area contributed by atoms with Crippen LogP contribution in [0.5, 0.6) is 0 Å². The molecule has 1 saturated heterocycles. The number of ether oxygens (including phenoxy) is 2. The van der Waals surface area contributed by atoms with Crippen molar-refractivity contribution in [2.75, 3.05) is 20.3 Å². The van der Waals surface area contributed by atoms with Crippen molar-refractivity contribution in [1.82, 2.24) is 5.32 Å². The second-order valence-corrected chi connectivity index (χ2v) is 4.68. The lowest BCUT2D eigenvalue weighted by Crippen LogP contribution is -2.41. The number of nitrogens with zero attached hydrogens (tertiary/aromatic N) is 1. The molecule has 0 aromatic carbocycles. The Balaban J connectivity index is 2.24. The van der Waals surface area contributed by atoms with Gasteiger partial charge in [0.1, 0.15) is 5.54 Å². The highest BCUT2D eigenvalue weighted by atomic mass is 16.5. The topological polar surface area (TPSA) is 54.3 Å². The third kappa shape index (κ3) is 4.09. The van der Waals surface area contributed by atoms with Crippen molar-refractivity contribution in [3.05, 3.63) is 0 Å². The molecule has 1 aliphatic rings. The van der Waals surface area contributed by atoms with Gasteiger partial charge in [0.2, 0.25) is 0 Å². The van der Waals surface area contributed by atoms with E-state index in [0.29, 0.717) is 13.0 Å². The smallest absolute Gasteiger partial charge is 0.106 e. The molecule has 1 fully saturated rings. The van der Waals surface area contributed by atoms with Crippen LogP contribution >= 0.6 is 0 Å². The quantitative estimate of drug-likeness (QED) is 0.745. The lowest BCUT2D eigenvalue weighted by atomic mass is 9.97. The fraction of sp³-hybridized carbons (Fsp3) is 0.917. The van der Waals surface area contributed by atoms with Crippen LogP contribution in [0.25, 0.3) is 0 Å². The third-order valence-electron chi connectivity index (χ3n) is 3.08. The van der Waals surface area contributed by atoms with Crippen LogP contribution in [0.3, 0.4) is 0 Å². The lowest BCUT2D eigenvalue weighted by molar-refractivity contribution is -0.0214. The standard InChI is InChI=1S/C12H22N2O2/c1-10(7-12(2,9-13)14-3)16-8-11-5-4-6-15-11/h10-11,14H,4-8H2,1-3H3. The van der Waals surface area contributed by atoms with Gasteiger partial charge in [-0.25, -0.2) is 0 Å². The normalized spacial score (nSPS) is 26.0. The van der Waals surface area contributed by atoms with Gasteiger partial charge in [0.05, 0.1) is 24.9 Å². The minimum atomic E-state index is -0.504. The molecule has 1 aliphatic heterocycles. The van der Waals surface area contributed by atoms with Crippen molar-refractivity contribution in [2.24, 2.45) is 0 Å². The molecule has 0 aliphatic carbocycles. The Kier molecular flexibility index (Phi) is 5.20. The van der Waals surface area contributed by atoms with Gasteiger partial charge in [0, 0.05) is 13.0 Å². The maximum absolute atomic E-state index is 9.02. The van der Waals surface area contributed by atoms with E-state index in [1.165, 1.54) is 0 Å². The molecule has 1 N–H and O–H groups in total. The fourth-order valence-corrected chi connectivity index (χ4v) is 1.88. The summed E-state index contributed by atoms with van der Waals surface area (Å²) in [6, 6.07) is 2.26. The molecule has 3 atom stereocenters. The first-order valence-electron chi connectivity index (χ1n) is 5.93. The lowest BCUT2D eigenvalue weighted by Gasteiger charge is -2.25. The molecule has 1 rings (SSSR count). The first-order chi connectivity index (χ1) is 7.59. The molecule has 0 spiro atoms. The average molecular weight is 226 g/mol. The molecule has 0 radical (unpaired) electrons. The van der Waals surface area contributed by atoms with Crippen molar-refractivity contribution in [2.45, 2.75) is 50.9 Å². The van der Waals surface area contributed by atoms with Gasteiger partial charge in [-0.15, -0.1) is 0 Å². The maximum Gasteiger partial charge on any atom is 0.106 e. The molecular weight excluding hydrogens is 204 g/mol. The van der Waals surface area contributed by atoms with Gasteiger partial charge in [-0.2, -0.15) is 5.26 Å². The Morgan fingerprint density at radius 3 is 2.94 bits per heavy atom. The monoisotopic (exact) mass is 226 g/mol. The van der Waals surface area contributed by atoms with Crippen molar-refractivity contribution >= 4 is 0 Å². The average Bonchev–Trinajstić information content (AvgIpc) is 2.79. The van der Waals surface area contributed by atoms with Crippen molar-refractivity contribution < 1.29 is 9.47 Å². The molecule has 92 valence electrons. The van der Waals surface area contributed by atoms with E-state index in [0.717, 1.165) is 19.4 Å². The van der Waals surface area contributed by atoms with Crippen LogP contribution in [0, 0.1) is 11.3 Å². The van der Waals surface area contributed by atoms with Crippen LogP contribution in [0.15, 0.2) is 0 Å². The summed E-state index contributed by atoms with van der Waals surface area (Å²) in [5.41, 5.74) is -0.504. The highest BCUT2D eigenvalue weighted by Gasteiger charge is 2.25. The van der Waals surface area contributed by atoms with E-state index in [9.17, 15) is 0 Å². The Morgan fingerprint density at radius 1 is 1.69 bits per heavy atom. The molecule has 4 heteroatoms. The van der Waals surface area contributed by atoms with Crippen LogP contribution in [0.4, 0.5) is 0 Å². The molecular formula is C12H22N2O2. The Bertz CT molecular complexity index is 246. The number of nitrogens with one attached hydrogen (secondary N) is 1. The molecule has 0 aromatic rings. The van der Waals surface area contributed by atoms with Crippen LogP contribution in [0.1, 0.15) is 33.1 Å². The van der Waals surface area contributed by atoms with E-state index in [1.54, 1.807) is 7.05 Å². The van der Waals surface area contributed by atoms with E-state index in [4.69, 9.17) is 14.7 Å². The van der Waals surface area contributed by atoms with E-state index in [-0.39, 0.29) is 12.2 Å². The minimum absolute atomic E-state index is 0.0706. The van der Waals surface area contributed by atoms with Gasteiger partial charge in [-0.05, 0) is 33.7 Å². The Labute approximate surface area is 97.9 Å². The van der Waals surface area contributed by atoms with Crippen LogP contribution in [-0.4, -0.2) is 38.0 Å². The molecule has 1 heterocycles. The largest absolute Gasteiger partial charge is 0.376 e. The SMILES string of the molecule is CNC(C)(C#N)CC(C)OCC1CCCO1. The molecule has 3 unspecified atom stereocenters. The zero-order valence-corrected chi connectivity index (χ0v) is 10.5. The predicted molar refractivity (Wildman–Crippen MR) is 62.1 cm³/mol. The summed E-state index contributed by atoms with van der Waals surface area (Å²) < 4.78 is 11.2. The highest BCUT2D eigenvalue weighted by molar-refractivity contribution is 5.03. The van der Waals surface area contributed by atoms with Gasteiger partial charge in [0.25, 0.3) is 0 Å². The maximum atomic E-state index is 9.02. The van der Waals surface area contributed by atoms with Crippen LogP contribution in [0.2, 0.25) is 0 Å². The Morgan fingerprint density at radius 2 is 2.44 bits per heavy atom. The van der Waals surface area contributed by atoms with E-state index >= 15 is 0 Å². The van der Waals surface area contributed by atoms with Gasteiger partial charge < -0.3 is 14.8 Å². The summed E-state index contributed by atoms with van der Waals surface area (Å²) in [5.74, 6) is 0. The van der Waals surface area contributed by atoms with Gasteiger partial charge in [-0.3, -0.25) is 0 Å². The number of nitriles is 1. The summed E-state index contributed by atoms with van der Waals surface area (Å²) in [6.45, 7) is 5.39. The number of rotatable bonds is 6. The number of hydrogen-bond acceptors (Lipinski definition) is 4. The summed E-state index contributed by atoms with van der Waals surface area (Å²) in [7, 11) is 1.80. The molecule has 0 aromatic heterocycles. The highest BCUT2D eigenvalue weighted by Crippen LogP contribution is 2.16. The van der Waals surface area contributed by atoms with Crippen molar-refractivity contribution in [1.29, 1.82) is 5.26 Å². The Hall–Kier alpha value is -0.630. The van der Waals surface area contributed by atoms with Crippen LogP contribution < -0.4 is 5.32 Å². The molecule has 0 saturated carbocycles. The van der Waals surface area contributed by atoms with Crippen molar-refractivity contribution in [3.63, 3.8) is 0 Å².